The van der Waals surface area contributed by atoms with Crippen molar-refractivity contribution in [3.05, 3.63) is 90.2 Å². The molecule has 0 radical (unpaired) electrons. The van der Waals surface area contributed by atoms with Crippen LogP contribution in [0.1, 0.15) is 154 Å². The van der Waals surface area contributed by atoms with Crippen molar-refractivity contribution in [2.45, 2.75) is 179 Å². The van der Waals surface area contributed by atoms with Crippen LogP contribution in [0, 0.1) is 0 Å². The summed E-state index contributed by atoms with van der Waals surface area (Å²) in [6.07, 6.45) is 24.0. The van der Waals surface area contributed by atoms with Crippen LogP contribution in [0.15, 0.2) is 67.7 Å². The van der Waals surface area contributed by atoms with Gasteiger partial charge in [0.1, 0.15) is 0 Å². The van der Waals surface area contributed by atoms with Crippen LogP contribution >= 0.6 is 0 Å². The Morgan fingerprint density at radius 2 is 0.833 bits per heavy atom. The number of aromatic amines is 2. The van der Waals surface area contributed by atoms with Crippen molar-refractivity contribution in [2.75, 3.05) is 0 Å². The molecule has 4 N–H and O–H groups in total. The lowest BCUT2D eigenvalue weighted by Gasteiger charge is -2.33. The Balaban J connectivity index is 0.688. The molecule has 16 nitrogen and oxygen atoms in total. The van der Waals surface area contributed by atoms with E-state index in [-0.39, 0.29) is 35.3 Å². The highest BCUT2D eigenvalue weighted by atomic mass is 16.2. The van der Waals surface area contributed by atoms with Crippen molar-refractivity contribution in [2.24, 2.45) is 0 Å². The van der Waals surface area contributed by atoms with E-state index in [4.69, 9.17) is 0 Å². The van der Waals surface area contributed by atoms with Gasteiger partial charge in [-0.2, -0.15) is 9.97 Å². The Bertz CT molecular complexity index is 2520. The molecule has 4 aliphatic heterocycles. The summed E-state index contributed by atoms with van der Waals surface area (Å²) in [6.45, 7) is 1.31. The summed E-state index contributed by atoms with van der Waals surface area (Å²) in [5, 5.41) is 6.50. The van der Waals surface area contributed by atoms with Gasteiger partial charge in [-0.3, -0.25) is 29.1 Å². The van der Waals surface area contributed by atoms with E-state index in [0.717, 1.165) is 152 Å². The highest BCUT2D eigenvalue weighted by molar-refractivity contribution is 5.80. The molecule has 66 heavy (non-hydrogen) atoms. The van der Waals surface area contributed by atoms with Crippen molar-refractivity contribution in [3.63, 3.8) is 0 Å². The van der Waals surface area contributed by atoms with Gasteiger partial charge in [0.15, 0.2) is 23.0 Å². The van der Waals surface area contributed by atoms with E-state index in [1.807, 2.05) is 57.7 Å². The zero-order valence-electron chi connectivity index (χ0n) is 38.3. The van der Waals surface area contributed by atoms with Crippen LogP contribution in [0.3, 0.4) is 0 Å². The Kier molecular flexibility index (Phi) is 17.7. The molecule has 0 aromatic heterocycles. The summed E-state index contributed by atoms with van der Waals surface area (Å²) in [4.78, 5) is 96.1. The fourth-order valence-corrected chi connectivity index (χ4v) is 9.56. The van der Waals surface area contributed by atoms with E-state index in [1.54, 1.807) is 0 Å². The number of hydrogen-bond acceptors (Lipinski definition) is 10. The molecule has 5 aliphatic rings. The smallest absolute Gasteiger partial charge is 0.349 e. The predicted octanol–water partition coefficient (Wildman–Crippen LogP) is 7.53. The Hall–Kier alpha value is -6.06. The summed E-state index contributed by atoms with van der Waals surface area (Å²) in [5.74, 6) is 0.836. The predicted molar refractivity (Wildman–Crippen MR) is 257 cm³/mol. The van der Waals surface area contributed by atoms with Crippen molar-refractivity contribution in [1.29, 1.82) is 0 Å². The summed E-state index contributed by atoms with van der Waals surface area (Å²) in [5.41, 5.74) is 1.15. The minimum atomic E-state index is -0.658. The van der Waals surface area contributed by atoms with Gasteiger partial charge in [0.2, 0.25) is 11.8 Å². The van der Waals surface area contributed by atoms with Crippen LogP contribution < -0.4 is 33.1 Å². The lowest BCUT2D eigenvalue weighted by Crippen LogP contribution is -2.53. The summed E-state index contributed by atoms with van der Waals surface area (Å²) in [6, 6.07) is 15.2. The van der Waals surface area contributed by atoms with Crippen molar-refractivity contribution < 1.29 is 9.59 Å². The molecule has 16 heteroatoms. The average Bonchev–Trinajstić information content (AvgIpc) is 3.30. The normalized spacial score (nSPS) is 15.2. The maximum atomic E-state index is 12.9. The molecule has 2 aromatic carbocycles. The van der Waals surface area contributed by atoms with E-state index in [2.05, 4.69) is 40.5 Å². The molecule has 1 saturated carbocycles. The van der Waals surface area contributed by atoms with Gasteiger partial charge in [0.25, 0.3) is 11.1 Å². The maximum Gasteiger partial charge on any atom is 0.349 e. The van der Waals surface area contributed by atoms with Gasteiger partial charge < -0.3 is 19.8 Å². The average molecular weight is 903 g/mol. The Morgan fingerprint density at radius 3 is 1.23 bits per heavy atom. The largest absolute Gasteiger partial charge is 0.351 e. The zero-order valence-corrected chi connectivity index (χ0v) is 38.3. The monoisotopic (exact) mass is 903 g/mol. The number of amides is 2. The number of nitrogens with zero attached hydrogens (tertiary/aromatic N) is 6. The van der Waals surface area contributed by atoms with Crippen LogP contribution in [0.5, 0.6) is 0 Å². The molecule has 352 valence electrons. The van der Waals surface area contributed by atoms with Crippen LogP contribution in [-0.2, 0) is 22.7 Å². The topological polar surface area (TPSA) is 219 Å². The molecule has 2 amide bonds. The summed E-state index contributed by atoms with van der Waals surface area (Å²) >= 11 is 0. The molecule has 0 saturated heterocycles. The zero-order chi connectivity index (χ0) is 46.1. The number of benzene rings is 2. The first-order valence-corrected chi connectivity index (χ1v) is 24.6. The van der Waals surface area contributed by atoms with Gasteiger partial charge in [-0.15, -0.1) is 0 Å². The molecule has 4 heterocycles. The molecule has 2 aromatic rings. The van der Waals surface area contributed by atoms with Crippen molar-refractivity contribution in [1.82, 2.24) is 49.7 Å². The number of fused-ring (bicyclic) bond motifs is 4. The Labute approximate surface area is 384 Å². The second-order valence-electron chi connectivity index (χ2n) is 18.1. The lowest BCUT2D eigenvalue weighted by atomic mass is 9.90. The second kappa shape index (κ2) is 24.5. The molecular weight excluding hydrogens is 837 g/mol. The number of aryl methyl sites for hydroxylation is 2. The fourth-order valence-electron chi connectivity index (χ4n) is 9.56. The van der Waals surface area contributed by atoms with Gasteiger partial charge in [0.05, 0.1) is 22.1 Å². The van der Waals surface area contributed by atoms with Crippen molar-refractivity contribution in [3.8, 4) is 23.0 Å². The van der Waals surface area contributed by atoms with Crippen LogP contribution in [-0.4, -0.2) is 62.9 Å². The standard InChI is InChI=1S/C50H66N10O6/c61-41(31-15-11-7-3-1-5-9-13-23-33-59-39-29-21-19-27-37(39)53-43-45(59)55-49(65)57-47(43)63)51-35-25-17-18-26-36(35)52-42(62)32-16-12-8-4-2-6-10-14-24-34-60-40-30-22-20-28-38(40)54-44-46(60)56-50(66)58-48(44)64/h19-22,27-30,35-36H,1-18,23-26,31-34H2,(H,51,61)(H,52,62)(H,57,63,65)(H,58,64,66)/t35-,36-/m0/s1. The molecule has 1 fully saturated rings. The Morgan fingerprint density at radius 1 is 0.485 bits per heavy atom. The molecule has 0 unspecified atom stereocenters. The number of hydrogen-bond donors (Lipinski definition) is 4. The molecule has 0 bridgehead atoms. The van der Waals surface area contributed by atoms with Crippen LogP contribution in [0.2, 0.25) is 0 Å². The maximum absolute atomic E-state index is 12.9. The summed E-state index contributed by atoms with van der Waals surface area (Å²) < 4.78 is 3.89. The number of aromatic nitrogens is 8. The number of H-pyrrole nitrogens is 2. The van der Waals surface area contributed by atoms with Gasteiger partial charge in [0, 0.05) is 38.0 Å². The molecule has 1 aliphatic carbocycles. The van der Waals surface area contributed by atoms with E-state index in [0.29, 0.717) is 48.6 Å². The first-order valence-electron chi connectivity index (χ1n) is 24.6. The highest BCUT2D eigenvalue weighted by Crippen LogP contribution is 2.24. The third-order valence-electron chi connectivity index (χ3n) is 13.1. The lowest BCUT2D eigenvalue weighted by molar-refractivity contribution is -0.125. The first kappa shape index (κ1) is 47.9. The molecule has 2 atom stereocenters. The summed E-state index contributed by atoms with van der Waals surface area (Å²) in [7, 11) is 0. The first-order chi connectivity index (χ1) is 32.2. The molecule has 0 spiro atoms. The second-order valence-corrected chi connectivity index (χ2v) is 18.1. The van der Waals surface area contributed by atoms with Crippen molar-refractivity contribution >= 4 is 33.9 Å². The van der Waals surface area contributed by atoms with Gasteiger partial charge in [-0.1, -0.05) is 127 Å². The van der Waals surface area contributed by atoms with Gasteiger partial charge in [-0.05, 0) is 62.8 Å². The minimum absolute atomic E-state index is 0.00128. The van der Waals surface area contributed by atoms with E-state index in [9.17, 15) is 28.8 Å². The number of carbonyl (C=O) groups is 2. The van der Waals surface area contributed by atoms with Gasteiger partial charge in [-0.25, -0.2) is 19.6 Å². The number of rotatable bonds is 26. The van der Waals surface area contributed by atoms with Crippen LogP contribution in [0.4, 0.5) is 0 Å². The third kappa shape index (κ3) is 13.3. The quantitative estimate of drug-likeness (QED) is 0.0310. The molecule has 7 rings (SSSR count). The number of nitrogens with one attached hydrogen (secondary N) is 4. The molecular formula is C50H66N10O6. The van der Waals surface area contributed by atoms with E-state index >= 15 is 0 Å². The fraction of sp³-hybridized carbons (Fsp3) is 0.560. The SMILES string of the molecule is O=C(CCCCCCCCCCCn1c2nc(=O)[nH]c(=O)c-2nc2ccccc21)N[C@H]1CCCC[C@@H]1NC(=O)CCCCCCCCCCCn1c2nc(=O)[nH]c(=O)c-2nc2ccccc21. The van der Waals surface area contributed by atoms with E-state index in [1.165, 1.54) is 0 Å². The minimum Gasteiger partial charge on any atom is -0.351 e. The number of carbonyl (C=O) groups excluding carboxylic acids is 2. The van der Waals surface area contributed by atoms with Crippen LogP contribution in [0.25, 0.3) is 45.1 Å². The van der Waals surface area contributed by atoms with Gasteiger partial charge >= 0.3 is 11.4 Å². The number of unbranched alkanes of at least 4 members (excludes halogenated alkanes) is 16. The third-order valence-corrected chi connectivity index (χ3v) is 13.1. The number of para-hydroxylation sites is 4. The van der Waals surface area contributed by atoms with E-state index < -0.39 is 22.5 Å². The highest BCUT2D eigenvalue weighted by Gasteiger charge is 2.27.